The first kappa shape index (κ1) is 10.2. The molecule has 0 fully saturated rings. The van der Waals surface area contributed by atoms with Gasteiger partial charge in [0.15, 0.2) is 10.9 Å². The van der Waals surface area contributed by atoms with Crippen molar-refractivity contribution in [1.82, 2.24) is 4.98 Å². The lowest BCUT2D eigenvalue weighted by atomic mass is 10.4. The fourth-order valence-corrected chi connectivity index (χ4v) is 1.02. The zero-order valence-electron chi connectivity index (χ0n) is 6.93. The van der Waals surface area contributed by atoms with Crippen molar-refractivity contribution in [2.45, 2.75) is 13.3 Å². The van der Waals surface area contributed by atoms with Crippen LogP contribution in [0.25, 0.3) is 0 Å². The van der Waals surface area contributed by atoms with E-state index in [1.54, 1.807) is 13.0 Å². The third kappa shape index (κ3) is 3.14. The van der Waals surface area contributed by atoms with E-state index in [1.165, 1.54) is 6.07 Å². The lowest BCUT2D eigenvalue weighted by molar-refractivity contribution is 0.0818. The molecule has 5 heteroatoms. The molecule has 0 spiro atoms. The maximum absolute atomic E-state index is 11.7. The fourth-order valence-electron chi connectivity index (χ4n) is 0.773. The predicted molar refractivity (Wildman–Crippen MR) is 45.5 cm³/mol. The van der Waals surface area contributed by atoms with Gasteiger partial charge in [0.2, 0.25) is 0 Å². The highest BCUT2D eigenvalue weighted by Crippen LogP contribution is 2.22. The number of pyridine rings is 1. The average molecular weight is 208 g/mol. The van der Waals surface area contributed by atoms with Gasteiger partial charge in [-0.25, -0.2) is 13.8 Å². The highest BCUT2D eigenvalue weighted by atomic mass is 35.5. The van der Waals surface area contributed by atoms with Crippen LogP contribution in [0, 0.1) is 6.92 Å². The maximum Gasteiger partial charge on any atom is 0.272 e. The molecule has 0 saturated heterocycles. The molecule has 1 rings (SSSR count). The summed E-state index contributed by atoms with van der Waals surface area (Å²) in [5.74, 6) is 0.188. The molecule has 1 aromatic heterocycles. The Morgan fingerprint density at radius 2 is 2.23 bits per heavy atom. The van der Waals surface area contributed by atoms with Gasteiger partial charge in [-0.15, -0.1) is 0 Å². The number of hydrogen-bond acceptors (Lipinski definition) is 2. The Labute approximate surface area is 79.5 Å². The van der Waals surface area contributed by atoms with Gasteiger partial charge in [-0.05, 0) is 19.1 Å². The first-order valence-corrected chi connectivity index (χ1v) is 4.01. The molecule has 0 radical (unpaired) electrons. The van der Waals surface area contributed by atoms with Crippen LogP contribution in [0.3, 0.4) is 0 Å². The Balaban J connectivity index is 2.67. The highest BCUT2D eigenvalue weighted by Gasteiger charge is 2.07. The van der Waals surface area contributed by atoms with Gasteiger partial charge in [0.1, 0.15) is 6.61 Å². The summed E-state index contributed by atoms with van der Waals surface area (Å²) >= 11 is 5.63. The second-order valence-corrected chi connectivity index (χ2v) is 2.80. The van der Waals surface area contributed by atoms with Crippen LogP contribution in [0.1, 0.15) is 5.69 Å². The standard InChI is InChI=1S/C8H8ClF2NO/c1-5-2-3-6(8(9)12-5)13-4-7(10)11/h2-3,7H,4H2,1H3. The van der Waals surface area contributed by atoms with Gasteiger partial charge in [0.25, 0.3) is 6.43 Å². The van der Waals surface area contributed by atoms with Gasteiger partial charge >= 0.3 is 0 Å². The highest BCUT2D eigenvalue weighted by molar-refractivity contribution is 6.30. The minimum absolute atomic E-state index is 0.112. The normalized spacial score (nSPS) is 10.5. The molecule has 0 unspecified atom stereocenters. The second-order valence-electron chi connectivity index (χ2n) is 2.44. The minimum atomic E-state index is -2.50. The van der Waals surface area contributed by atoms with Crippen LogP contribution < -0.4 is 4.74 Å². The monoisotopic (exact) mass is 207 g/mol. The van der Waals surface area contributed by atoms with E-state index in [9.17, 15) is 8.78 Å². The largest absolute Gasteiger partial charge is 0.484 e. The SMILES string of the molecule is Cc1ccc(OCC(F)F)c(Cl)n1. The predicted octanol–water partition coefficient (Wildman–Crippen LogP) is 2.69. The smallest absolute Gasteiger partial charge is 0.272 e. The van der Waals surface area contributed by atoms with Gasteiger partial charge in [-0.1, -0.05) is 11.6 Å². The third-order valence-electron chi connectivity index (χ3n) is 1.32. The Bertz CT molecular complexity index is 293. The Morgan fingerprint density at radius 1 is 1.54 bits per heavy atom. The molecule has 1 heterocycles. The van der Waals surface area contributed by atoms with E-state index in [0.717, 1.165) is 5.69 Å². The number of nitrogens with zero attached hydrogens (tertiary/aromatic N) is 1. The average Bonchev–Trinajstić information content (AvgIpc) is 2.02. The quantitative estimate of drug-likeness (QED) is 0.711. The van der Waals surface area contributed by atoms with Crippen molar-refractivity contribution in [1.29, 1.82) is 0 Å². The van der Waals surface area contributed by atoms with E-state index in [1.807, 2.05) is 0 Å². The van der Waals surface area contributed by atoms with Gasteiger partial charge < -0.3 is 4.74 Å². The number of aryl methyl sites for hydroxylation is 1. The van der Waals surface area contributed by atoms with Crippen LogP contribution in [0.5, 0.6) is 5.75 Å². The van der Waals surface area contributed by atoms with Crippen molar-refractivity contribution in [2.75, 3.05) is 6.61 Å². The number of rotatable bonds is 3. The number of aromatic nitrogens is 1. The lowest BCUT2D eigenvalue weighted by Crippen LogP contribution is -2.07. The van der Waals surface area contributed by atoms with E-state index in [4.69, 9.17) is 16.3 Å². The van der Waals surface area contributed by atoms with Crippen molar-refractivity contribution in [3.8, 4) is 5.75 Å². The van der Waals surface area contributed by atoms with Crippen molar-refractivity contribution in [3.05, 3.63) is 23.0 Å². The van der Waals surface area contributed by atoms with E-state index in [-0.39, 0.29) is 10.9 Å². The molecule has 0 N–H and O–H groups in total. The number of hydrogen-bond donors (Lipinski definition) is 0. The van der Waals surface area contributed by atoms with E-state index < -0.39 is 13.0 Å². The maximum atomic E-state index is 11.7. The molecule has 0 amide bonds. The van der Waals surface area contributed by atoms with Gasteiger partial charge in [0, 0.05) is 5.69 Å². The summed E-state index contributed by atoms with van der Waals surface area (Å²) in [4.78, 5) is 3.85. The summed E-state index contributed by atoms with van der Waals surface area (Å²) in [7, 11) is 0. The van der Waals surface area contributed by atoms with Crippen molar-refractivity contribution < 1.29 is 13.5 Å². The zero-order valence-corrected chi connectivity index (χ0v) is 7.68. The molecule has 13 heavy (non-hydrogen) atoms. The van der Waals surface area contributed by atoms with Crippen molar-refractivity contribution in [3.63, 3.8) is 0 Å². The molecule has 0 aliphatic carbocycles. The fraction of sp³-hybridized carbons (Fsp3) is 0.375. The van der Waals surface area contributed by atoms with Crippen LogP contribution in [0.15, 0.2) is 12.1 Å². The summed E-state index contributed by atoms with van der Waals surface area (Å²) in [6.07, 6.45) is -2.50. The molecule has 1 aromatic rings. The molecule has 0 saturated carbocycles. The summed E-state index contributed by atoms with van der Waals surface area (Å²) in [6, 6.07) is 3.17. The summed E-state index contributed by atoms with van der Waals surface area (Å²) in [5, 5.41) is 0.112. The van der Waals surface area contributed by atoms with Gasteiger partial charge in [0.05, 0.1) is 0 Å². The van der Waals surface area contributed by atoms with Crippen LogP contribution in [0.4, 0.5) is 8.78 Å². The number of halogens is 3. The molecule has 2 nitrogen and oxygen atoms in total. The molecule has 0 aliphatic rings. The lowest BCUT2D eigenvalue weighted by Gasteiger charge is -2.06. The topological polar surface area (TPSA) is 22.1 Å². The molecule has 0 aromatic carbocycles. The van der Waals surface area contributed by atoms with Crippen LogP contribution >= 0.6 is 11.6 Å². The summed E-state index contributed by atoms with van der Waals surface area (Å²) in [6.45, 7) is 1.09. The van der Waals surface area contributed by atoms with Crippen LogP contribution in [-0.2, 0) is 0 Å². The second kappa shape index (κ2) is 4.37. The number of alkyl halides is 2. The molecule has 0 bridgehead atoms. The first-order valence-electron chi connectivity index (χ1n) is 3.63. The van der Waals surface area contributed by atoms with Gasteiger partial charge in [-0.3, -0.25) is 0 Å². The Hall–Kier alpha value is -0.900. The molecular weight excluding hydrogens is 200 g/mol. The molecule has 0 atom stereocenters. The number of ether oxygens (including phenoxy) is 1. The van der Waals surface area contributed by atoms with E-state index in [0.29, 0.717) is 0 Å². The first-order chi connectivity index (χ1) is 6.09. The van der Waals surface area contributed by atoms with E-state index in [2.05, 4.69) is 4.98 Å². The minimum Gasteiger partial charge on any atom is -0.484 e. The van der Waals surface area contributed by atoms with Crippen molar-refractivity contribution in [2.24, 2.45) is 0 Å². The van der Waals surface area contributed by atoms with Crippen molar-refractivity contribution >= 4 is 11.6 Å². The van der Waals surface area contributed by atoms with Crippen LogP contribution in [0.2, 0.25) is 5.15 Å². The molecule has 72 valence electrons. The van der Waals surface area contributed by atoms with Crippen LogP contribution in [-0.4, -0.2) is 18.0 Å². The molecular formula is C8H8ClF2NO. The Morgan fingerprint density at radius 3 is 2.77 bits per heavy atom. The van der Waals surface area contributed by atoms with E-state index >= 15 is 0 Å². The zero-order chi connectivity index (χ0) is 9.84. The summed E-state index contributed by atoms with van der Waals surface area (Å²) < 4.78 is 28.2. The Kier molecular flexibility index (Phi) is 3.42. The van der Waals surface area contributed by atoms with Gasteiger partial charge in [-0.2, -0.15) is 0 Å². The molecule has 0 aliphatic heterocycles. The third-order valence-corrected chi connectivity index (χ3v) is 1.59. The summed E-state index contributed by atoms with van der Waals surface area (Å²) in [5.41, 5.74) is 0.717.